The van der Waals surface area contributed by atoms with Gasteiger partial charge in [-0.05, 0) is 18.6 Å². The van der Waals surface area contributed by atoms with Gasteiger partial charge in [0.1, 0.15) is 0 Å². The maximum atomic E-state index is 5.07. The fraction of sp³-hybridized carbons (Fsp3) is 0.500. The highest BCUT2D eigenvalue weighted by molar-refractivity contribution is 7.80. The molecule has 0 amide bonds. The van der Waals surface area contributed by atoms with Crippen molar-refractivity contribution in [1.82, 2.24) is 25.7 Å². The first-order chi connectivity index (χ1) is 6.33. The number of thiocarbonyl (C=S) groups is 1. The van der Waals surface area contributed by atoms with Crippen molar-refractivity contribution in [3.05, 3.63) is 12.4 Å². The molecule has 0 atom stereocenters. The molecule has 4 N–H and O–H groups in total. The van der Waals surface area contributed by atoms with Crippen LogP contribution < -0.4 is 16.6 Å². The number of hydrogen-bond acceptors (Lipinski definition) is 4. The quantitative estimate of drug-likeness (QED) is 0.250. The second kappa shape index (κ2) is 5.44. The first-order valence-electron chi connectivity index (χ1n) is 3.91. The molecule has 1 aromatic heterocycles. The van der Waals surface area contributed by atoms with Crippen LogP contribution in [0.5, 0.6) is 0 Å². The van der Waals surface area contributed by atoms with Gasteiger partial charge in [0.05, 0.1) is 6.20 Å². The summed E-state index contributed by atoms with van der Waals surface area (Å²) in [6.45, 7) is 1.59. The molecule has 1 heterocycles. The van der Waals surface area contributed by atoms with Crippen LogP contribution in [0.4, 0.5) is 0 Å². The molecule has 1 rings (SSSR count). The predicted molar refractivity (Wildman–Crippen MR) is 52.6 cm³/mol. The Morgan fingerprint density at radius 3 is 3.08 bits per heavy atom. The topological polar surface area (TPSA) is 80.8 Å². The summed E-state index contributed by atoms with van der Waals surface area (Å²) in [5.74, 6) is 5.07. The van der Waals surface area contributed by atoms with Crippen molar-refractivity contribution < 1.29 is 0 Å². The molecular formula is C6H12N6S. The standard InChI is InChI=1S/C6H12N6S/c7-10-6(13)8-2-1-4-12-5-3-9-11-12/h3,5H,1-2,4,7H2,(H2,8,10,13). The van der Waals surface area contributed by atoms with Gasteiger partial charge in [-0.3, -0.25) is 4.68 Å². The zero-order chi connectivity index (χ0) is 9.52. The van der Waals surface area contributed by atoms with Crippen LogP contribution in [-0.2, 0) is 6.54 Å². The van der Waals surface area contributed by atoms with Crippen LogP contribution in [0.25, 0.3) is 0 Å². The minimum Gasteiger partial charge on any atom is -0.362 e. The van der Waals surface area contributed by atoms with E-state index in [-0.39, 0.29) is 0 Å². The van der Waals surface area contributed by atoms with E-state index in [1.165, 1.54) is 0 Å². The Morgan fingerprint density at radius 1 is 1.62 bits per heavy atom. The maximum absolute atomic E-state index is 5.07. The second-order valence-electron chi connectivity index (χ2n) is 2.42. The largest absolute Gasteiger partial charge is 0.362 e. The van der Waals surface area contributed by atoms with Crippen LogP contribution >= 0.6 is 12.2 Å². The Hall–Kier alpha value is -1.21. The normalized spacial score (nSPS) is 9.62. The number of hydrazine groups is 1. The highest BCUT2D eigenvalue weighted by Gasteiger charge is 1.92. The molecule has 13 heavy (non-hydrogen) atoms. The van der Waals surface area contributed by atoms with Crippen LogP contribution in [0.2, 0.25) is 0 Å². The number of nitrogens with one attached hydrogen (secondary N) is 2. The lowest BCUT2D eigenvalue weighted by atomic mass is 10.4. The van der Waals surface area contributed by atoms with Crippen molar-refractivity contribution in [1.29, 1.82) is 0 Å². The van der Waals surface area contributed by atoms with Gasteiger partial charge in [0.15, 0.2) is 5.11 Å². The van der Waals surface area contributed by atoms with Crippen LogP contribution in [0, 0.1) is 0 Å². The van der Waals surface area contributed by atoms with Gasteiger partial charge in [-0.2, -0.15) is 0 Å². The predicted octanol–water partition coefficient (Wildman–Crippen LogP) is -0.994. The average Bonchev–Trinajstić information content (AvgIpc) is 2.64. The SMILES string of the molecule is NNC(=S)NCCCn1ccnn1. The molecule has 0 unspecified atom stereocenters. The van der Waals surface area contributed by atoms with Gasteiger partial charge in [-0.15, -0.1) is 5.10 Å². The van der Waals surface area contributed by atoms with Crippen molar-refractivity contribution in [3.63, 3.8) is 0 Å². The minimum atomic E-state index is 0.457. The smallest absolute Gasteiger partial charge is 0.180 e. The molecule has 0 aromatic carbocycles. The lowest BCUT2D eigenvalue weighted by Gasteiger charge is -2.05. The number of nitrogens with two attached hydrogens (primary N) is 1. The molecule has 0 fully saturated rings. The number of nitrogens with zero attached hydrogens (tertiary/aromatic N) is 3. The molecule has 0 spiro atoms. The van der Waals surface area contributed by atoms with Gasteiger partial charge in [0, 0.05) is 19.3 Å². The molecule has 0 aliphatic heterocycles. The molecule has 0 aliphatic rings. The summed E-state index contributed by atoms with van der Waals surface area (Å²) in [7, 11) is 0. The Morgan fingerprint density at radius 2 is 2.46 bits per heavy atom. The van der Waals surface area contributed by atoms with E-state index in [0.29, 0.717) is 5.11 Å². The number of aromatic nitrogens is 3. The third-order valence-corrected chi connectivity index (χ3v) is 1.71. The second-order valence-corrected chi connectivity index (χ2v) is 2.83. The fourth-order valence-electron chi connectivity index (χ4n) is 0.846. The third kappa shape index (κ3) is 3.81. The Kier molecular flexibility index (Phi) is 4.13. The monoisotopic (exact) mass is 200 g/mol. The molecule has 7 heteroatoms. The van der Waals surface area contributed by atoms with E-state index in [4.69, 9.17) is 18.1 Å². The minimum absolute atomic E-state index is 0.457. The average molecular weight is 200 g/mol. The summed E-state index contributed by atoms with van der Waals surface area (Å²) in [5.41, 5.74) is 2.34. The number of hydrogen-bond donors (Lipinski definition) is 3. The molecule has 1 aromatic rings. The number of aryl methyl sites for hydroxylation is 1. The first kappa shape index (κ1) is 9.87. The summed E-state index contributed by atoms with van der Waals surface area (Å²) < 4.78 is 1.76. The fourth-order valence-corrected chi connectivity index (χ4v) is 0.948. The zero-order valence-electron chi connectivity index (χ0n) is 7.10. The molecule has 0 radical (unpaired) electrons. The number of rotatable bonds is 4. The van der Waals surface area contributed by atoms with Crippen LogP contribution in [0.15, 0.2) is 12.4 Å². The molecule has 0 saturated heterocycles. The Bertz CT molecular complexity index is 246. The summed E-state index contributed by atoms with van der Waals surface area (Å²) >= 11 is 4.79. The summed E-state index contributed by atoms with van der Waals surface area (Å²) in [5, 5.41) is 10.9. The lowest BCUT2D eigenvalue weighted by Crippen LogP contribution is -2.40. The van der Waals surface area contributed by atoms with Crippen molar-refractivity contribution in [3.8, 4) is 0 Å². The maximum Gasteiger partial charge on any atom is 0.180 e. The Labute approximate surface area is 81.5 Å². The highest BCUT2D eigenvalue weighted by Crippen LogP contribution is 1.85. The Balaban J connectivity index is 2.05. The van der Waals surface area contributed by atoms with Gasteiger partial charge in [-0.1, -0.05) is 5.21 Å². The molecular weight excluding hydrogens is 188 g/mol. The summed E-state index contributed by atoms with van der Waals surface area (Å²) in [6, 6.07) is 0. The third-order valence-electron chi connectivity index (χ3n) is 1.45. The van der Waals surface area contributed by atoms with Gasteiger partial charge in [-0.25, -0.2) is 5.84 Å². The van der Waals surface area contributed by atoms with E-state index in [9.17, 15) is 0 Å². The summed E-state index contributed by atoms with van der Waals surface area (Å²) in [4.78, 5) is 0. The first-order valence-corrected chi connectivity index (χ1v) is 4.32. The molecule has 0 saturated carbocycles. The van der Waals surface area contributed by atoms with E-state index in [1.807, 2.05) is 6.20 Å². The van der Waals surface area contributed by atoms with Crippen molar-refractivity contribution >= 4 is 17.3 Å². The lowest BCUT2D eigenvalue weighted by molar-refractivity contribution is 0.553. The van der Waals surface area contributed by atoms with E-state index >= 15 is 0 Å². The van der Waals surface area contributed by atoms with Crippen LogP contribution in [0.3, 0.4) is 0 Å². The van der Waals surface area contributed by atoms with Crippen molar-refractivity contribution in [2.75, 3.05) is 6.54 Å². The van der Waals surface area contributed by atoms with Crippen molar-refractivity contribution in [2.45, 2.75) is 13.0 Å². The summed E-state index contributed by atoms with van der Waals surface area (Å²) in [6.07, 6.45) is 4.39. The van der Waals surface area contributed by atoms with E-state index in [1.54, 1.807) is 10.9 Å². The molecule has 72 valence electrons. The van der Waals surface area contributed by atoms with E-state index in [0.717, 1.165) is 19.5 Å². The van der Waals surface area contributed by atoms with Gasteiger partial charge >= 0.3 is 0 Å². The zero-order valence-corrected chi connectivity index (χ0v) is 7.92. The van der Waals surface area contributed by atoms with Gasteiger partial charge in [0.2, 0.25) is 0 Å². The molecule has 0 aliphatic carbocycles. The van der Waals surface area contributed by atoms with E-state index < -0.39 is 0 Å². The highest BCUT2D eigenvalue weighted by atomic mass is 32.1. The van der Waals surface area contributed by atoms with Gasteiger partial charge < -0.3 is 10.7 Å². The molecule has 0 bridgehead atoms. The van der Waals surface area contributed by atoms with Gasteiger partial charge in [0.25, 0.3) is 0 Å². The van der Waals surface area contributed by atoms with Crippen LogP contribution in [0.1, 0.15) is 6.42 Å². The van der Waals surface area contributed by atoms with E-state index in [2.05, 4.69) is 21.1 Å². The van der Waals surface area contributed by atoms with Crippen molar-refractivity contribution in [2.24, 2.45) is 5.84 Å². The molecule has 6 nitrogen and oxygen atoms in total. The van der Waals surface area contributed by atoms with Crippen LogP contribution in [-0.4, -0.2) is 26.7 Å².